The van der Waals surface area contributed by atoms with Crippen LogP contribution in [0.1, 0.15) is 5.56 Å². The number of aromatic nitrogens is 3. The van der Waals surface area contributed by atoms with Gasteiger partial charge in [0.25, 0.3) is 0 Å². The van der Waals surface area contributed by atoms with Crippen molar-refractivity contribution in [2.24, 2.45) is 7.05 Å². The summed E-state index contributed by atoms with van der Waals surface area (Å²) < 4.78 is 17.3. The van der Waals surface area contributed by atoms with E-state index in [2.05, 4.69) is 22.2 Å². The zero-order valence-corrected chi connectivity index (χ0v) is 16.2. The van der Waals surface area contributed by atoms with Crippen LogP contribution in [0.25, 0.3) is 31.0 Å². The fourth-order valence-corrected chi connectivity index (χ4v) is 5.96. The number of hydrogen-bond acceptors (Lipinski definition) is 6. The Morgan fingerprint density at radius 1 is 1.19 bits per heavy atom. The summed E-state index contributed by atoms with van der Waals surface area (Å²) in [5.41, 5.74) is 2.52. The summed E-state index contributed by atoms with van der Waals surface area (Å²) in [6.07, 6.45) is 1.84. The summed E-state index contributed by atoms with van der Waals surface area (Å²) in [6.45, 7) is 6.28. The van der Waals surface area contributed by atoms with Crippen molar-refractivity contribution in [3.8, 4) is 10.6 Å². The smallest absolute Gasteiger partial charge is 0.152 e. The van der Waals surface area contributed by atoms with E-state index < -0.39 is 0 Å². The highest BCUT2D eigenvalue weighted by atomic mass is 32.1. The van der Waals surface area contributed by atoms with Gasteiger partial charge < -0.3 is 10.2 Å². The van der Waals surface area contributed by atoms with E-state index in [1.807, 2.05) is 12.3 Å². The minimum absolute atomic E-state index is 0.296. The average molecular weight is 388 g/mol. The van der Waals surface area contributed by atoms with Crippen LogP contribution in [0.15, 0.2) is 18.3 Å². The number of fused-ring (bicyclic) bond motifs is 2. The highest BCUT2D eigenvalue weighted by Crippen LogP contribution is 2.43. The van der Waals surface area contributed by atoms with Crippen molar-refractivity contribution in [1.29, 1.82) is 0 Å². The Balaban J connectivity index is 1.58. The van der Waals surface area contributed by atoms with Crippen LogP contribution in [-0.2, 0) is 7.05 Å². The molecule has 5 rings (SSSR count). The number of thiophene rings is 1. The van der Waals surface area contributed by atoms with Crippen LogP contribution < -0.4 is 10.2 Å². The first-order chi connectivity index (χ1) is 12.6. The average Bonchev–Trinajstić information content (AvgIpc) is 3.30. The fourth-order valence-electron chi connectivity index (χ4n) is 3.51. The van der Waals surface area contributed by atoms with E-state index in [9.17, 15) is 4.39 Å². The van der Waals surface area contributed by atoms with E-state index in [-0.39, 0.29) is 5.82 Å². The molecule has 0 radical (unpaired) electrons. The number of rotatable bonds is 2. The van der Waals surface area contributed by atoms with E-state index in [4.69, 9.17) is 4.98 Å². The Kier molecular flexibility index (Phi) is 3.73. The molecule has 5 nitrogen and oxygen atoms in total. The van der Waals surface area contributed by atoms with Gasteiger partial charge >= 0.3 is 0 Å². The van der Waals surface area contributed by atoms with Gasteiger partial charge in [-0.3, -0.25) is 4.68 Å². The normalized spacial score (nSPS) is 15.4. The number of nitrogens with zero attached hydrogens (tertiary/aromatic N) is 4. The predicted molar refractivity (Wildman–Crippen MR) is 107 cm³/mol. The number of anilines is 1. The molecule has 0 amide bonds. The maximum atomic E-state index is 14.4. The number of piperazine rings is 1. The van der Waals surface area contributed by atoms with Crippen LogP contribution in [-0.4, -0.2) is 40.9 Å². The third-order valence-electron chi connectivity index (χ3n) is 4.78. The Morgan fingerprint density at radius 2 is 2.00 bits per heavy atom. The van der Waals surface area contributed by atoms with E-state index in [1.165, 1.54) is 15.3 Å². The molecular weight excluding hydrogens is 369 g/mol. The molecule has 4 heterocycles. The lowest BCUT2D eigenvalue weighted by atomic mass is 10.1. The van der Waals surface area contributed by atoms with Crippen LogP contribution in [0.2, 0.25) is 0 Å². The summed E-state index contributed by atoms with van der Waals surface area (Å²) >= 11 is 3.39. The molecular formula is C18H18FN5S2. The predicted octanol–water partition coefficient (Wildman–Crippen LogP) is 3.77. The van der Waals surface area contributed by atoms with Crippen molar-refractivity contribution in [3.63, 3.8) is 0 Å². The van der Waals surface area contributed by atoms with Gasteiger partial charge in [-0.15, -0.1) is 11.3 Å². The van der Waals surface area contributed by atoms with E-state index in [1.54, 1.807) is 40.5 Å². The molecule has 8 heteroatoms. The molecule has 1 N–H and O–H groups in total. The largest absolute Gasteiger partial charge is 0.361 e. The molecule has 1 fully saturated rings. The summed E-state index contributed by atoms with van der Waals surface area (Å²) in [7, 11) is 1.81. The molecule has 0 atom stereocenters. The van der Waals surface area contributed by atoms with Crippen LogP contribution in [0.5, 0.6) is 0 Å². The molecule has 134 valence electrons. The third kappa shape index (κ3) is 2.52. The number of hydrogen-bond donors (Lipinski definition) is 1. The fraction of sp³-hybridized carbons (Fsp3) is 0.333. The first-order valence-corrected chi connectivity index (χ1v) is 10.2. The van der Waals surface area contributed by atoms with Gasteiger partial charge in [0, 0.05) is 55.9 Å². The van der Waals surface area contributed by atoms with E-state index >= 15 is 0 Å². The summed E-state index contributed by atoms with van der Waals surface area (Å²) in [5, 5.41) is 10.6. The highest BCUT2D eigenvalue weighted by molar-refractivity contribution is 7.30. The molecule has 0 bridgehead atoms. The van der Waals surface area contributed by atoms with Crippen LogP contribution in [0.4, 0.5) is 9.39 Å². The van der Waals surface area contributed by atoms with Crippen molar-refractivity contribution >= 4 is 48.1 Å². The first-order valence-electron chi connectivity index (χ1n) is 8.59. The van der Waals surface area contributed by atoms with Gasteiger partial charge in [-0.05, 0) is 19.1 Å². The second kappa shape index (κ2) is 6.00. The summed E-state index contributed by atoms with van der Waals surface area (Å²) in [4.78, 5) is 8.30. The van der Waals surface area contributed by atoms with Crippen molar-refractivity contribution in [3.05, 3.63) is 29.7 Å². The lowest BCUT2D eigenvalue weighted by Gasteiger charge is -2.28. The van der Waals surface area contributed by atoms with Gasteiger partial charge in [0.15, 0.2) is 5.82 Å². The molecule has 1 aliphatic heterocycles. The molecule has 1 aliphatic rings. The number of benzene rings is 1. The van der Waals surface area contributed by atoms with E-state index in [0.29, 0.717) is 5.52 Å². The van der Waals surface area contributed by atoms with Crippen molar-refractivity contribution in [2.45, 2.75) is 6.92 Å². The Bertz CT molecular complexity index is 1120. The quantitative estimate of drug-likeness (QED) is 0.569. The standard InChI is InChI=1S/C18H18FN5S2/c1-10-15-17(26-18(10)24-5-3-20-4-6-24)21-16(25-15)11-7-12-9-23(2)22-14(12)13(19)8-11/h7-9,20H,3-6H2,1-2H3. The van der Waals surface area contributed by atoms with Crippen molar-refractivity contribution in [1.82, 2.24) is 20.1 Å². The molecule has 1 aromatic carbocycles. The molecule has 3 aromatic heterocycles. The van der Waals surface area contributed by atoms with Gasteiger partial charge in [-0.2, -0.15) is 5.10 Å². The molecule has 0 spiro atoms. The maximum absolute atomic E-state index is 14.4. The van der Waals surface area contributed by atoms with Crippen LogP contribution in [0, 0.1) is 12.7 Å². The first kappa shape index (κ1) is 16.2. The van der Waals surface area contributed by atoms with Crippen LogP contribution >= 0.6 is 22.7 Å². The Morgan fingerprint density at radius 3 is 2.77 bits per heavy atom. The molecule has 26 heavy (non-hydrogen) atoms. The topological polar surface area (TPSA) is 46.0 Å². The maximum Gasteiger partial charge on any atom is 0.152 e. The monoisotopic (exact) mass is 387 g/mol. The lowest BCUT2D eigenvalue weighted by Crippen LogP contribution is -2.43. The van der Waals surface area contributed by atoms with Gasteiger partial charge in [0.05, 0.1) is 9.70 Å². The number of aryl methyl sites for hydroxylation is 2. The number of thiazole rings is 1. The molecule has 4 aromatic rings. The zero-order valence-electron chi connectivity index (χ0n) is 14.5. The lowest BCUT2D eigenvalue weighted by molar-refractivity contribution is 0.591. The minimum Gasteiger partial charge on any atom is -0.361 e. The van der Waals surface area contributed by atoms with Gasteiger partial charge in [-0.1, -0.05) is 11.3 Å². The zero-order chi connectivity index (χ0) is 17.8. The molecule has 0 saturated carbocycles. The minimum atomic E-state index is -0.296. The third-order valence-corrected chi connectivity index (χ3v) is 7.38. The highest BCUT2D eigenvalue weighted by Gasteiger charge is 2.21. The Labute approximate surface area is 158 Å². The summed E-state index contributed by atoms with van der Waals surface area (Å²) in [6, 6.07) is 3.52. The molecule has 1 saturated heterocycles. The molecule has 0 unspecified atom stereocenters. The second-order valence-corrected chi connectivity index (χ2v) is 8.60. The summed E-state index contributed by atoms with van der Waals surface area (Å²) in [5.74, 6) is -0.296. The van der Waals surface area contributed by atoms with Gasteiger partial charge in [-0.25, -0.2) is 9.37 Å². The van der Waals surface area contributed by atoms with Crippen molar-refractivity contribution < 1.29 is 4.39 Å². The molecule has 0 aliphatic carbocycles. The van der Waals surface area contributed by atoms with Crippen molar-refractivity contribution in [2.75, 3.05) is 31.1 Å². The van der Waals surface area contributed by atoms with E-state index in [0.717, 1.165) is 47.0 Å². The SMILES string of the molecule is Cc1c(N2CCNCC2)sc2nc(-c3cc(F)c4nn(C)cc4c3)sc12. The number of nitrogens with one attached hydrogen (secondary N) is 1. The number of halogens is 1. The van der Waals surface area contributed by atoms with Crippen LogP contribution in [0.3, 0.4) is 0 Å². The van der Waals surface area contributed by atoms with Gasteiger partial charge in [0.1, 0.15) is 15.4 Å². The second-order valence-electron chi connectivity index (χ2n) is 6.62. The van der Waals surface area contributed by atoms with Gasteiger partial charge in [0.2, 0.25) is 0 Å². The Hall–Kier alpha value is -2.03.